The van der Waals surface area contributed by atoms with Crippen LogP contribution in [-0.4, -0.2) is 11.1 Å². The maximum atomic E-state index is 9.25. The fourth-order valence-electron chi connectivity index (χ4n) is 0. The molecular formula is C10H20O2. The molecular weight excluding hydrogens is 152 g/mol. The lowest BCUT2D eigenvalue weighted by molar-refractivity contribution is -0.131. The summed E-state index contributed by atoms with van der Waals surface area (Å²) >= 11 is 0. The second-order valence-electron chi connectivity index (χ2n) is 4.06. The van der Waals surface area contributed by atoms with Crippen LogP contribution in [0.5, 0.6) is 0 Å². The number of carboxylic acid groups (broad SMARTS) is 1. The monoisotopic (exact) mass is 172 g/mol. The van der Waals surface area contributed by atoms with Gasteiger partial charge in [0.2, 0.25) is 0 Å². The zero-order valence-corrected chi connectivity index (χ0v) is 8.72. The van der Waals surface area contributed by atoms with E-state index in [9.17, 15) is 4.79 Å². The van der Waals surface area contributed by atoms with Gasteiger partial charge in [-0.2, -0.15) is 0 Å². The highest BCUT2D eigenvalue weighted by molar-refractivity contribution is 5.78. The fourth-order valence-corrected chi connectivity index (χ4v) is 0. The summed E-state index contributed by atoms with van der Waals surface area (Å²) in [7, 11) is 0. The molecule has 0 amide bonds. The largest absolute Gasteiger partial charge is 0.478 e. The number of carbonyl (C=O) groups is 1. The summed E-state index contributed by atoms with van der Waals surface area (Å²) < 4.78 is 0. The van der Waals surface area contributed by atoms with Crippen molar-refractivity contribution in [2.75, 3.05) is 0 Å². The van der Waals surface area contributed by atoms with Crippen LogP contribution >= 0.6 is 0 Å². The van der Waals surface area contributed by atoms with Crippen molar-refractivity contribution in [2.45, 2.75) is 34.6 Å². The summed E-state index contributed by atoms with van der Waals surface area (Å²) in [4.78, 5) is 9.25. The Kier molecular flexibility index (Phi) is 6.67. The van der Waals surface area contributed by atoms with Crippen LogP contribution in [0.25, 0.3) is 0 Å². The third-order valence-corrected chi connectivity index (χ3v) is 1.91. The van der Waals surface area contributed by atoms with Crippen molar-refractivity contribution in [2.24, 2.45) is 11.3 Å². The SMILES string of the molecule is C=CC(=O)O.CC(C)C(C)(C)C. The van der Waals surface area contributed by atoms with E-state index in [4.69, 9.17) is 5.11 Å². The molecule has 1 N–H and O–H groups in total. The first kappa shape index (κ1) is 13.8. The van der Waals surface area contributed by atoms with E-state index in [1.807, 2.05) is 0 Å². The number of carboxylic acids is 1. The van der Waals surface area contributed by atoms with Gasteiger partial charge >= 0.3 is 5.97 Å². The molecule has 0 fully saturated rings. The van der Waals surface area contributed by atoms with E-state index in [0.717, 1.165) is 12.0 Å². The van der Waals surface area contributed by atoms with Gasteiger partial charge in [0.25, 0.3) is 0 Å². The molecule has 0 aromatic rings. The third kappa shape index (κ3) is 11.9. The number of rotatable bonds is 1. The molecule has 0 heterocycles. The highest BCUT2D eigenvalue weighted by Crippen LogP contribution is 2.23. The molecule has 0 radical (unpaired) electrons. The summed E-state index contributed by atoms with van der Waals surface area (Å²) in [5, 5.41) is 7.60. The van der Waals surface area contributed by atoms with Crippen molar-refractivity contribution in [1.82, 2.24) is 0 Å². The molecule has 0 saturated carbocycles. The topological polar surface area (TPSA) is 37.3 Å². The van der Waals surface area contributed by atoms with Crippen LogP contribution < -0.4 is 0 Å². The first-order chi connectivity index (χ1) is 5.21. The molecule has 0 aliphatic carbocycles. The van der Waals surface area contributed by atoms with Gasteiger partial charge in [-0.25, -0.2) is 4.79 Å². The van der Waals surface area contributed by atoms with Gasteiger partial charge in [0, 0.05) is 6.08 Å². The molecule has 72 valence electrons. The van der Waals surface area contributed by atoms with Crippen molar-refractivity contribution < 1.29 is 9.90 Å². The van der Waals surface area contributed by atoms with E-state index in [-0.39, 0.29) is 0 Å². The van der Waals surface area contributed by atoms with Crippen LogP contribution in [0.1, 0.15) is 34.6 Å². The lowest BCUT2D eigenvalue weighted by Gasteiger charge is -2.22. The minimum absolute atomic E-state index is 0.500. The maximum absolute atomic E-state index is 9.25. The first-order valence-electron chi connectivity index (χ1n) is 4.07. The molecule has 0 saturated heterocycles. The number of aliphatic carboxylic acids is 1. The molecule has 0 aromatic heterocycles. The van der Waals surface area contributed by atoms with Gasteiger partial charge in [0.05, 0.1) is 0 Å². The Bertz CT molecular complexity index is 140. The van der Waals surface area contributed by atoms with E-state index in [1.54, 1.807) is 0 Å². The molecule has 0 atom stereocenters. The van der Waals surface area contributed by atoms with Gasteiger partial charge < -0.3 is 5.11 Å². The van der Waals surface area contributed by atoms with Gasteiger partial charge in [0.1, 0.15) is 0 Å². The van der Waals surface area contributed by atoms with Crippen LogP contribution in [-0.2, 0) is 4.79 Å². The fraction of sp³-hybridized carbons (Fsp3) is 0.700. The van der Waals surface area contributed by atoms with Crippen molar-refractivity contribution in [3.8, 4) is 0 Å². The maximum Gasteiger partial charge on any atom is 0.327 e. The summed E-state index contributed by atoms with van der Waals surface area (Å²) in [6.45, 7) is 14.2. The smallest absolute Gasteiger partial charge is 0.327 e. The van der Waals surface area contributed by atoms with Gasteiger partial charge in [-0.15, -0.1) is 0 Å². The zero-order chi connectivity index (χ0) is 10.4. The summed E-state index contributed by atoms with van der Waals surface area (Å²) in [6.07, 6.45) is 0.833. The van der Waals surface area contributed by atoms with E-state index in [2.05, 4.69) is 41.2 Å². The molecule has 0 aromatic carbocycles. The molecule has 0 unspecified atom stereocenters. The van der Waals surface area contributed by atoms with Crippen LogP contribution in [0.2, 0.25) is 0 Å². The Hall–Kier alpha value is -0.790. The second-order valence-corrected chi connectivity index (χ2v) is 4.06. The Labute approximate surface area is 75.3 Å². The highest BCUT2D eigenvalue weighted by atomic mass is 16.4. The second kappa shape index (κ2) is 5.81. The highest BCUT2D eigenvalue weighted by Gasteiger charge is 2.13. The lowest BCUT2D eigenvalue weighted by atomic mass is 9.84. The van der Waals surface area contributed by atoms with Gasteiger partial charge in [-0.3, -0.25) is 0 Å². The Morgan fingerprint density at radius 1 is 1.42 bits per heavy atom. The average Bonchev–Trinajstić information content (AvgIpc) is 1.87. The van der Waals surface area contributed by atoms with E-state index in [0.29, 0.717) is 5.41 Å². The third-order valence-electron chi connectivity index (χ3n) is 1.91. The normalized spacial score (nSPS) is 10.2. The van der Waals surface area contributed by atoms with E-state index >= 15 is 0 Å². The number of hydrogen-bond acceptors (Lipinski definition) is 1. The molecule has 0 spiro atoms. The molecule has 0 bridgehead atoms. The van der Waals surface area contributed by atoms with E-state index in [1.165, 1.54) is 0 Å². The van der Waals surface area contributed by atoms with E-state index < -0.39 is 5.97 Å². The molecule has 0 aliphatic heterocycles. The van der Waals surface area contributed by atoms with Crippen molar-refractivity contribution >= 4 is 5.97 Å². The van der Waals surface area contributed by atoms with Gasteiger partial charge in [0.15, 0.2) is 0 Å². The van der Waals surface area contributed by atoms with Crippen LogP contribution in [0, 0.1) is 11.3 Å². The Morgan fingerprint density at radius 3 is 1.58 bits per heavy atom. The Balaban J connectivity index is 0. The van der Waals surface area contributed by atoms with Crippen LogP contribution in [0.15, 0.2) is 12.7 Å². The molecule has 2 nitrogen and oxygen atoms in total. The van der Waals surface area contributed by atoms with Crippen molar-refractivity contribution in [3.63, 3.8) is 0 Å². The zero-order valence-electron chi connectivity index (χ0n) is 8.72. The van der Waals surface area contributed by atoms with Crippen LogP contribution in [0.3, 0.4) is 0 Å². The molecule has 12 heavy (non-hydrogen) atoms. The van der Waals surface area contributed by atoms with Crippen molar-refractivity contribution in [3.05, 3.63) is 12.7 Å². The Morgan fingerprint density at radius 2 is 1.58 bits per heavy atom. The van der Waals surface area contributed by atoms with Crippen LogP contribution in [0.4, 0.5) is 0 Å². The number of hydrogen-bond donors (Lipinski definition) is 1. The molecule has 0 aliphatic rings. The molecule has 2 heteroatoms. The quantitative estimate of drug-likeness (QED) is 0.617. The minimum atomic E-state index is -0.981. The first-order valence-corrected chi connectivity index (χ1v) is 4.07. The lowest BCUT2D eigenvalue weighted by Crippen LogP contribution is -2.12. The summed E-state index contributed by atoms with van der Waals surface area (Å²) in [5.41, 5.74) is 0.500. The predicted octanol–water partition coefficient (Wildman–Crippen LogP) is 2.95. The standard InChI is InChI=1S/C7H16.C3H4O2/c1-6(2)7(3,4)5;1-2-3(4)5/h6H,1-5H3;2H,1H2,(H,4,5). The summed E-state index contributed by atoms with van der Waals surface area (Å²) in [5.74, 6) is -0.183. The van der Waals surface area contributed by atoms with Gasteiger partial charge in [-0.1, -0.05) is 41.2 Å². The van der Waals surface area contributed by atoms with Crippen molar-refractivity contribution in [1.29, 1.82) is 0 Å². The minimum Gasteiger partial charge on any atom is -0.478 e. The molecule has 0 rings (SSSR count). The summed E-state index contributed by atoms with van der Waals surface area (Å²) in [6, 6.07) is 0. The van der Waals surface area contributed by atoms with Gasteiger partial charge in [-0.05, 0) is 11.3 Å². The average molecular weight is 172 g/mol. The predicted molar refractivity (Wildman–Crippen MR) is 52.1 cm³/mol.